The van der Waals surface area contributed by atoms with E-state index in [4.69, 9.17) is 5.26 Å². The smallest absolute Gasteiger partial charge is 0.416 e. The maximum Gasteiger partial charge on any atom is 0.416 e. The molecule has 0 radical (unpaired) electrons. The predicted octanol–water partition coefficient (Wildman–Crippen LogP) is 4.90. The van der Waals surface area contributed by atoms with Gasteiger partial charge in [-0.25, -0.2) is 4.79 Å². The van der Waals surface area contributed by atoms with E-state index in [1.54, 1.807) is 12.1 Å². The number of rotatable bonds is 6. The number of carbonyl (C=O) groups is 3. The van der Waals surface area contributed by atoms with E-state index in [2.05, 4.69) is 0 Å². The molecule has 0 bridgehead atoms. The molecule has 1 saturated carbocycles. The Labute approximate surface area is 198 Å². The van der Waals surface area contributed by atoms with E-state index in [0.717, 1.165) is 28.0 Å². The van der Waals surface area contributed by atoms with Crippen molar-refractivity contribution in [1.29, 1.82) is 5.26 Å². The molecule has 2 aliphatic rings. The van der Waals surface area contributed by atoms with Gasteiger partial charge in [0.15, 0.2) is 5.78 Å². The Morgan fingerprint density at radius 3 is 2.34 bits per heavy atom. The van der Waals surface area contributed by atoms with Crippen LogP contribution in [-0.2, 0) is 15.8 Å². The number of amides is 2. The van der Waals surface area contributed by atoms with Crippen LogP contribution in [0.1, 0.15) is 42.5 Å². The van der Waals surface area contributed by atoms with E-state index >= 15 is 0 Å². The van der Waals surface area contributed by atoms with Gasteiger partial charge in [-0.2, -0.15) is 18.4 Å². The van der Waals surface area contributed by atoms with Crippen LogP contribution < -0.4 is 4.90 Å². The molecular weight excluding hydrogens is 463 g/mol. The summed E-state index contributed by atoms with van der Waals surface area (Å²) in [4.78, 5) is 40.7. The lowest BCUT2D eigenvalue weighted by Gasteiger charge is -2.42. The van der Waals surface area contributed by atoms with Crippen molar-refractivity contribution in [2.24, 2.45) is 5.92 Å². The van der Waals surface area contributed by atoms with Gasteiger partial charge in [0.05, 0.1) is 28.9 Å². The third kappa shape index (κ3) is 4.62. The van der Waals surface area contributed by atoms with Crippen molar-refractivity contribution < 1.29 is 32.7 Å². The van der Waals surface area contributed by atoms with E-state index in [1.807, 2.05) is 6.07 Å². The molecule has 1 aliphatic carbocycles. The fraction of sp³-hybridized carbons (Fsp3) is 0.280. The van der Waals surface area contributed by atoms with E-state index < -0.39 is 36.3 Å². The summed E-state index contributed by atoms with van der Waals surface area (Å²) >= 11 is 0. The molecule has 1 N–H and O–H groups in total. The lowest BCUT2D eigenvalue weighted by Crippen LogP contribution is -2.52. The van der Waals surface area contributed by atoms with E-state index in [0.29, 0.717) is 24.0 Å². The maximum atomic E-state index is 13.6. The minimum Gasteiger partial charge on any atom is -0.480 e. The predicted molar refractivity (Wildman–Crippen MR) is 118 cm³/mol. The van der Waals surface area contributed by atoms with Crippen molar-refractivity contribution in [3.05, 3.63) is 76.5 Å². The molecule has 10 heteroatoms. The van der Waals surface area contributed by atoms with Gasteiger partial charge in [0.25, 0.3) is 0 Å². The lowest BCUT2D eigenvalue weighted by atomic mass is 9.88. The van der Waals surface area contributed by atoms with Crippen LogP contribution in [0.3, 0.4) is 0 Å². The van der Waals surface area contributed by atoms with E-state index in [1.165, 1.54) is 25.1 Å². The molecule has 0 saturated heterocycles. The molecule has 0 unspecified atom stereocenters. The number of urea groups is 1. The molecule has 2 aromatic carbocycles. The summed E-state index contributed by atoms with van der Waals surface area (Å²) in [5, 5.41) is 18.7. The van der Waals surface area contributed by atoms with Crippen LogP contribution in [0.5, 0.6) is 0 Å². The van der Waals surface area contributed by atoms with Crippen molar-refractivity contribution in [3.8, 4) is 6.07 Å². The zero-order valence-corrected chi connectivity index (χ0v) is 18.5. The zero-order chi connectivity index (χ0) is 25.5. The number of alkyl halides is 3. The Bertz CT molecular complexity index is 1270. The average molecular weight is 483 g/mol. The number of carboxylic acids is 1. The lowest BCUT2D eigenvalue weighted by molar-refractivity contribution is -0.138. The Kier molecular flexibility index (Phi) is 6.11. The van der Waals surface area contributed by atoms with E-state index in [9.17, 15) is 32.7 Å². The fourth-order valence-electron chi connectivity index (χ4n) is 4.25. The van der Waals surface area contributed by atoms with Crippen LogP contribution in [0, 0.1) is 17.2 Å². The number of benzene rings is 2. The third-order valence-electron chi connectivity index (χ3n) is 6.05. The molecule has 1 aliphatic heterocycles. The first-order valence-corrected chi connectivity index (χ1v) is 10.8. The Hall–Kier alpha value is -4.13. The fourth-order valence-corrected chi connectivity index (χ4v) is 4.25. The molecule has 1 atom stereocenters. The van der Waals surface area contributed by atoms with Gasteiger partial charge in [-0.05, 0) is 55.7 Å². The van der Waals surface area contributed by atoms with Gasteiger partial charge in [-0.3, -0.25) is 14.5 Å². The van der Waals surface area contributed by atoms with Crippen LogP contribution in [0.4, 0.5) is 23.7 Å². The minimum atomic E-state index is -4.66. The number of allylic oxidation sites excluding steroid dienone is 1. The number of Topliss-reactive ketones (excluding diaryl/α,β-unsaturated/α-hetero) is 1. The highest BCUT2D eigenvalue weighted by molar-refractivity contribution is 6.07. The molecule has 4 rings (SSSR count). The van der Waals surface area contributed by atoms with Gasteiger partial charge in [0, 0.05) is 17.2 Å². The molecule has 180 valence electrons. The van der Waals surface area contributed by atoms with Gasteiger partial charge in [0.1, 0.15) is 6.54 Å². The molecule has 2 aromatic rings. The summed E-state index contributed by atoms with van der Waals surface area (Å²) in [5.74, 6) is -1.93. The van der Waals surface area contributed by atoms with Crippen LogP contribution in [-0.4, -0.2) is 34.3 Å². The highest BCUT2D eigenvalue weighted by Gasteiger charge is 2.46. The zero-order valence-electron chi connectivity index (χ0n) is 18.5. The molecule has 2 amide bonds. The number of hydrogen-bond acceptors (Lipinski definition) is 4. The van der Waals surface area contributed by atoms with Crippen molar-refractivity contribution in [2.45, 2.75) is 32.0 Å². The van der Waals surface area contributed by atoms with Gasteiger partial charge < -0.3 is 10.0 Å². The first-order chi connectivity index (χ1) is 16.5. The highest BCUT2D eigenvalue weighted by Crippen LogP contribution is 2.44. The number of aliphatic carboxylic acids is 1. The van der Waals surface area contributed by atoms with E-state index in [-0.39, 0.29) is 28.7 Å². The first-order valence-electron chi connectivity index (χ1n) is 10.8. The molecule has 35 heavy (non-hydrogen) atoms. The number of carbonyl (C=O) groups excluding carboxylic acids is 2. The third-order valence-corrected chi connectivity index (χ3v) is 6.05. The van der Waals surface area contributed by atoms with Gasteiger partial charge in [-0.1, -0.05) is 18.2 Å². The molecule has 1 fully saturated rings. The van der Waals surface area contributed by atoms with Crippen molar-refractivity contribution in [3.63, 3.8) is 0 Å². The molecular formula is C25H20F3N3O4. The van der Waals surface area contributed by atoms with Crippen LogP contribution in [0.25, 0.3) is 0 Å². The number of ketones is 1. The number of nitriles is 1. The first kappa shape index (κ1) is 24.0. The molecule has 7 nitrogen and oxygen atoms in total. The summed E-state index contributed by atoms with van der Waals surface area (Å²) in [5.41, 5.74) is -0.0628. The quantitative estimate of drug-likeness (QED) is 0.630. The van der Waals surface area contributed by atoms with Crippen LogP contribution in [0.15, 0.2) is 59.8 Å². The van der Waals surface area contributed by atoms with Gasteiger partial charge >= 0.3 is 18.2 Å². The normalized spacial score (nSPS) is 18.5. The number of carboxylic acid groups (broad SMARTS) is 1. The monoisotopic (exact) mass is 483 g/mol. The summed E-state index contributed by atoms with van der Waals surface area (Å²) in [6.07, 6.45) is -3.40. The van der Waals surface area contributed by atoms with Crippen molar-refractivity contribution >= 4 is 23.5 Å². The summed E-state index contributed by atoms with van der Waals surface area (Å²) < 4.78 is 40.1. The minimum absolute atomic E-state index is 0.128. The van der Waals surface area contributed by atoms with Gasteiger partial charge in [-0.15, -0.1) is 0 Å². The largest absolute Gasteiger partial charge is 0.480 e. The Morgan fingerprint density at radius 1 is 1.14 bits per heavy atom. The topological polar surface area (TPSA) is 102 Å². The average Bonchev–Trinajstić information content (AvgIpc) is 3.65. The summed E-state index contributed by atoms with van der Waals surface area (Å²) in [6, 6.07) is 10.2. The van der Waals surface area contributed by atoms with Crippen LogP contribution >= 0.6 is 0 Å². The maximum absolute atomic E-state index is 13.6. The second-order valence-electron chi connectivity index (χ2n) is 8.46. The number of nitrogens with zero attached hydrogens (tertiary/aromatic N) is 3. The number of anilines is 1. The summed E-state index contributed by atoms with van der Waals surface area (Å²) in [6.45, 7) is 0.691. The Morgan fingerprint density at radius 2 is 1.80 bits per heavy atom. The molecule has 0 spiro atoms. The summed E-state index contributed by atoms with van der Waals surface area (Å²) in [7, 11) is 0. The highest BCUT2D eigenvalue weighted by atomic mass is 19.4. The molecule has 1 heterocycles. The number of hydrogen-bond donors (Lipinski definition) is 1. The second-order valence-corrected chi connectivity index (χ2v) is 8.46. The van der Waals surface area contributed by atoms with Gasteiger partial charge in [0.2, 0.25) is 0 Å². The van der Waals surface area contributed by atoms with Crippen molar-refractivity contribution in [1.82, 2.24) is 4.90 Å². The Balaban J connectivity index is 1.93. The second kappa shape index (κ2) is 8.91. The molecule has 0 aromatic heterocycles. The number of halogens is 3. The SMILES string of the molecule is CC1=C(C(=O)C2CC2)[C@@H](c2ccc(C#N)cc2)N(CC(=O)O)C(=O)N1c1cccc(C(F)(F)F)c1. The van der Waals surface area contributed by atoms with Crippen LogP contribution in [0.2, 0.25) is 0 Å². The van der Waals surface area contributed by atoms with Crippen molar-refractivity contribution in [2.75, 3.05) is 11.4 Å². The standard InChI is InChI=1S/C25H20F3N3O4/c1-14-21(23(34)17-9-10-17)22(16-7-5-15(12-29)6-8-16)30(13-20(32)33)24(35)31(14)19-4-2-3-18(11-19)25(26,27)28/h2-8,11,17,22H,9-10,13H2,1H3,(H,32,33)/t22-/m1/s1.